The van der Waals surface area contributed by atoms with Crippen molar-refractivity contribution in [2.45, 2.75) is 35.6 Å². The monoisotopic (exact) mass is 411 g/mol. The van der Waals surface area contributed by atoms with Gasteiger partial charge in [-0.1, -0.05) is 29.8 Å². The summed E-state index contributed by atoms with van der Waals surface area (Å²) in [4.78, 5) is 0.432. The zero-order valence-corrected chi connectivity index (χ0v) is 16.8. The highest BCUT2D eigenvalue weighted by Gasteiger charge is 2.33. The molecule has 1 aromatic heterocycles. The van der Waals surface area contributed by atoms with Crippen LogP contribution in [0.25, 0.3) is 11.0 Å². The van der Waals surface area contributed by atoms with Crippen LogP contribution in [-0.4, -0.2) is 15.0 Å². The van der Waals surface area contributed by atoms with Crippen LogP contribution in [0, 0.1) is 0 Å². The van der Waals surface area contributed by atoms with E-state index in [0.29, 0.717) is 10.6 Å². The van der Waals surface area contributed by atoms with Crippen molar-refractivity contribution in [3.05, 3.63) is 58.8 Å². The average Bonchev–Trinajstić information content (AvgIpc) is 2.96. The second-order valence-electron chi connectivity index (χ2n) is 6.80. The van der Waals surface area contributed by atoms with E-state index in [1.54, 1.807) is 36.4 Å². The van der Waals surface area contributed by atoms with Gasteiger partial charge in [-0.2, -0.15) is 0 Å². The lowest BCUT2D eigenvalue weighted by molar-refractivity contribution is 0.358. The maximum Gasteiger partial charge on any atom is 0.206 e. The first-order valence-electron chi connectivity index (χ1n) is 8.11. The lowest BCUT2D eigenvalue weighted by Gasteiger charge is -2.31. The molecule has 4 rings (SSSR count). The van der Waals surface area contributed by atoms with Gasteiger partial charge in [0.15, 0.2) is 5.58 Å². The van der Waals surface area contributed by atoms with Gasteiger partial charge in [0, 0.05) is 29.5 Å². The molecule has 1 N–H and O–H groups in total. The van der Waals surface area contributed by atoms with Crippen LogP contribution in [0.3, 0.4) is 0 Å². The Kier molecular flexibility index (Phi) is 4.86. The van der Waals surface area contributed by atoms with Crippen molar-refractivity contribution in [3.63, 3.8) is 0 Å². The van der Waals surface area contributed by atoms with Crippen LogP contribution in [0.4, 0.5) is 0 Å². The molecule has 26 heavy (non-hydrogen) atoms. The third kappa shape index (κ3) is 2.93. The van der Waals surface area contributed by atoms with E-state index in [1.165, 1.54) is 6.07 Å². The van der Waals surface area contributed by atoms with E-state index in [9.17, 15) is 8.42 Å². The summed E-state index contributed by atoms with van der Waals surface area (Å²) in [6.45, 7) is 4.94. The minimum Gasteiger partial charge on any atom is -0.459 e. The molecule has 0 spiro atoms. The van der Waals surface area contributed by atoms with E-state index in [1.807, 2.05) is 0 Å². The molecule has 0 amide bonds. The molecule has 0 saturated heterocycles. The normalized spacial score (nSPS) is 16.1. The Balaban J connectivity index is 0.00000196. The molecule has 7 heteroatoms. The molecular formula is C19H19Cl2NO3S. The predicted molar refractivity (Wildman–Crippen MR) is 105 cm³/mol. The molecule has 0 bridgehead atoms. The maximum absolute atomic E-state index is 13.0. The summed E-state index contributed by atoms with van der Waals surface area (Å²) in [6, 6.07) is 11.5. The van der Waals surface area contributed by atoms with Crippen molar-refractivity contribution in [3.8, 4) is 0 Å². The van der Waals surface area contributed by atoms with Gasteiger partial charge < -0.3 is 9.73 Å². The van der Waals surface area contributed by atoms with E-state index >= 15 is 0 Å². The van der Waals surface area contributed by atoms with Crippen LogP contribution in [0.2, 0.25) is 5.02 Å². The van der Waals surface area contributed by atoms with E-state index in [-0.39, 0.29) is 27.7 Å². The van der Waals surface area contributed by atoms with Crippen molar-refractivity contribution in [2.75, 3.05) is 6.54 Å². The van der Waals surface area contributed by atoms with Gasteiger partial charge in [0.1, 0.15) is 5.76 Å². The fourth-order valence-corrected chi connectivity index (χ4v) is 5.17. The second-order valence-corrected chi connectivity index (χ2v) is 9.16. The number of nitrogens with one attached hydrogen (secondary N) is 1. The number of hydrogen-bond acceptors (Lipinski definition) is 4. The molecule has 0 radical (unpaired) electrons. The standard InChI is InChI=1S/C19H18ClNO3S.ClH/c1-19(2)17-14-10-13(25(22,23)12-6-4-3-5-7-12)11-15(20)18(14)24-16(17)8-9-21-19;/h3-7,10-11,21H,8-9H2,1-2H3;1H. The largest absolute Gasteiger partial charge is 0.459 e. The van der Waals surface area contributed by atoms with Crippen molar-refractivity contribution in [1.82, 2.24) is 5.32 Å². The van der Waals surface area contributed by atoms with Crippen LogP contribution in [0.15, 0.2) is 56.7 Å². The number of fused-ring (bicyclic) bond motifs is 3. The summed E-state index contributed by atoms with van der Waals surface area (Å²) in [7, 11) is -3.64. The molecule has 0 unspecified atom stereocenters. The molecule has 2 heterocycles. The van der Waals surface area contributed by atoms with E-state index in [2.05, 4.69) is 19.2 Å². The molecule has 4 nitrogen and oxygen atoms in total. The quantitative estimate of drug-likeness (QED) is 0.662. The highest BCUT2D eigenvalue weighted by Crippen LogP contribution is 2.41. The summed E-state index contributed by atoms with van der Waals surface area (Å²) in [5.41, 5.74) is 1.23. The van der Waals surface area contributed by atoms with Gasteiger partial charge in [0.2, 0.25) is 9.84 Å². The molecule has 138 valence electrons. The van der Waals surface area contributed by atoms with Crippen molar-refractivity contribution < 1.29 is 12.8 Å². The maximum atomic E-state index is 13.0. The first-order chi connectivity index (χ1) is 11.8. The molecule has 3 aromatic rings. The van der Waals surface area contributed by atoms with Gasteiger partial charge in [-0.05, 0) is 38.1 Å². The fraction of sp³-hybridized carbons (Fsp3) is 0.263. The van der Waals surface area contributed by atoms with Crippen LogP contribution in [-0.2, 0) is 21.8 Å². The van der Waals surface area contributed by atoms with Gasteiger partial charge in [-0.25, -0.2) is 8.42 Å². The Morgan fingerprint density at radius 2 is 1.81 bits per heavy atom. The zero-order chi connectivity index (χ0) is 17.8. The summed E-state index contributed by atoms with van der Waals surface area (Å²) in [5.74, 6) is 0.870. The topological polar surface area (TPSA) is 59.3 Å². The Morgan fingerprint density at radius 3 is 2.50 bits per heavy atom. The minimum atomic E-state index is -3.64. The molecule has 0 fully saturated rings. The minimum absolute atomic E-state index is 0. The molecule has 0 atom stereocenters. The lowest BCUT2D eigenvalue weighted by atomic mass is 9.88. The number of hydrogen-bond donors (Lipinski definition) is 1. The van der Waals surface area contributed by atoms with Gasteiger partial charge in [0.05, 0.1) is 14.8 Å². The Hall–Kier alpha value is -1.53. The summed E-state index contributed by atoms with van der Waals surface area (Å²) < 4.78 is 31.9. The third-order valence-corrected chi connectivity index (χ3v) is 6.73. The van der Waals surface area contributed by atoms with Gasteiger partial charge >= 0.3 is 0 Å². The molecule has 1 aliphatic rings. The highest BCUT2D eigenvalue weighted by atomic mass is 35.5. The lowest BCUT2D eigenvalue weighted by Crippen LogP contribution is -2.41. The summed E-state index contributed by atoms with van der Waals surface area (Å²) in [6.07, 6.45) is 0.755. The average molecular weight is 412 g/mol. The Morgan fingerprint density at radius 1 is 1.12 bits per heavy atom. The predicted octanol–water partition coefficient (Wildman–Crippen LogP) is 4.72. The summed E-state index contributed by atoms with van der Waals surface area (Å²) in [5, 5.41) is 4.53. The van der Waals surface area contributed by atoms with Crippen molar-refractivity contribution >= 4 is 44.8 Å². The van der Waals surface area contributed by atoms with Crippen LogP contribution >= 0.6 is 24.0 Å². The number of sulfone groups is 1. The Bertz CT molecular complexity index is 1070. The first kappa shape index (κ1) is 19.2. The van der Waals surface area contributed by atoms with E-state index in [4.69, 9.17) is 16.0 Å². The van der Waals surface area contributed by atoms with E-state index in [0.717, 1.165) is 29.7 Å². The number of benzene rings is 2. The fourth-order valence-electron chi connectivity index (χ4n) is 3.51. The van der Waals surface area contributed by atoms with Crippen LogP contribution in [0.5, 0.6) is 0 Å². The molecular weight excluding hydrogens is 393 g/mol. The van der Waals surface area contributed by atoms with Crippen LogP contribution in [0.1, 0.15) is 25.2 Å². The second kappa shape index (κ2) is 6.57. The van der Waals surface area contributed by atoms with Gasteiger partial charge in [0.25, 0.3) is 0 Å². The molecule has 1 aliphatic heterocycles. The number of halogens is 2. The first-order valence-corrected chi connectivity index (χ1v) is 9.97. The highest BCUT2D eigenvalue weighted by molar-refractivity contribution is 7.91. The molecule has 0 aliphatic carbocycles. The molecule has 2 aromatic carbocycles. The molecule has 0 saturated carbocycles. The SMILES string of the molecule is CC1(C)NCCc2oc3c(Cl)cc(S(=O)(=O)c4ccccc4)cc3c21.Cl. The Labute approximate surface area is 163 Å². The van der Waals surface area contributed by atoms with E-state index < -0.39 is 9.84 Å². The smallest absolute Gasteiger partial charge is 0.206 e. The summed E-state index contributed by atoms with van der Waals surface area (Å²) >= 11 is 6.39. The zero-order valence-electron chi connectivity index (χ0n) is 14.4. The van der Waals surface area contributed by atoms with Gasteiger partial charge in [-0.3, -0.25) is 0 Å². The van der Waals surface area contributed by atoms with Gasteiger partial charge in [-0.15, -0.1) is 12.4 Å². The van der Waals surface area contributed by atoms with Crippen LogP contribution < -0.4 is 5.32 Å². The van der Waals surface area contributed by atoms with Crippen molar-refractivity contribution in [2.24, 2.45) is 0 Å². The number of rotatable bonds is 2. The third-order valence-electron chi connectivity index (χ3n) is 4.70. The number of furan rings is 1. The van der Waals surface area contributed by atoms with Crippen molar-refractivity contribution in [1.29, 1.82) is 0 Å².